The number of nitrogens with two attached hydrogens (primary N) is 1. The van der Waals surface area contributed by atoms with Gasteiger partial charge in [-0.1, -0.05) is 6.07 Å². The van der Waals surface area contributed by atoms with Crippen molar-refractivity contribution in [2.24, 2.45) is 5.73 Å². The molecule has 0 spiro atoms. The molecule has 0 saturated carbocycles. The predicted octanol–water partition coefficient (Wildman–Crippen LogP) is 1.52. The summed E-state index contributed by atoms with van der Waals surface area (Å²) in [6.45, 7) is 0.0773. The largest absolute Gasteiger partial charge is 0.469 e. The van der Waals surface area contributed by atoms with Crippen molar-refractivity contribution in [1.82, 2.24) is 4.98 Å². The molecular weight excluding hydrogens is 223 g/mol. The number of methoxy groups -OCH3 is 1. The van der Waals surface area contributed by atoms with Crippen molar-refractivity contribution in [3.63, 3.8) is 0 Å². The van der Waals surface area contributed by atoms with E-state index in [1.807, 2.05) is 0 Å². The van der Waals surface area contributed by atoms with E-state index < -0.39 is 11.9 Å². The molecule has 17 heavy (non-hydrogen) atoms. The van der Waals surface area contributed by atoms with Crippen LogP contribution in [0.4, 0.5) is 4.39 Å². The molecule has 2 aromatic rings. The molecule has 0 radical (unpaired) electrons. The third kappa shape index (κ3) is 1.89. The minimum atomic E-state index is -0.648. The average molecular weight is 236 g/mol. The second-order valence-corrected chi connectivity index (χ2v) is 3.72. The van der Waals surface area contributed by atoms with Gasteiger partial charge < -0.3 is 15.5 Å². The molecule has 0 aliphatic rings. The molecule has 1 atom stereocenters. The Morgan fingerprint density at radius 1 is 1.59 bits per heavy atom. The highest BCUT2D eigenvalue weighted by atomic mass is 19.1. The van der Waals surface area contributed by atoms with Crippen molar-refractivity contribution in [2.45, 2.75) is 5.92 Å². The topological polar surface area (TPSA) is 68.1 Å². The molecule has 0 bridgehead atoms. The molecule has 3 N–H and O–H groups in total. The van der Waals surface area contributed by atoms with Crippen LogP contribution >= 0.6 is 0 Å². The van der Waals surface area contributed by atoms with Crippen molar-refractivity contribution in [2.75, 3.05) is 13.7 Å². The molecule has 1 unspecified atom stereocenters. The van der Waals surface area contributed by atoms with E-state index in [4.69, 9.17) is 5.73 Å². The maximum atomic E-state index is 13.7. The summed E-state index contributed by atoms with van der Waals surface area (Å²) in [6.07, 6.45) is 1.60. The van der Waals surface area contributed by atoms with Gasteiger partial charge in [0.2, 0.25) is 0 Å². The highest BCUT2D eigenvalue weighted by Gasteiger charge is 2.24. The third-order valence-corrected chi connectivity index (χ3v) is 2.78. The van der Waals surface area contributed by atoms with Gasteiger partial charge in [-0.05, 0) is 17.7 Å². The minimum Gasteiger partial charge on any atom is -0.469 e. The molecule has 0 amide bonds. The van der Waals surface area contributed by atoms with Gasteiger partial charge >= 0.3 is 5.97 Å². The van der Waals surface area contributed by atoms with E-state index in [2.05, 4.69) is 9.72 Å². The van der Waals surface area contributed by atoms with Gasteiger partial charge in [-0.2, -0.15) is 0 Å². The number of carbonyl (C=O) groups is 1. The average Bonchev–Trinajstić information content (AvgIpc) is 2.75. The highest BCUT2D eigenvalue weighted by molar-refractivity contribution is 5.90. The van der Waals surface area contributed by atoms with Crippen LogP contribution in [0, 0.1) is 5.82 Å². The zero-order valence-electron chi connectivity index (χ0n) is 9.37. The summed E-state index contributed by atoms with van der Waals surface area (Å²) in [5.74, 6) is -1.48. The van der Waals surface area contributed by atoms with Gasteiger partial charge in [-0.25, -0.2) is 4.39 Å². The SMILES string of the molecule is COC(=O)C(CN)c1c[nH]c2cccc(F)c12. The maximum Gasteiger partial charge on any atom is 0.314 e. The summed E-state index contributed by atoms with van der Waals surface area (Å²) in [6, 6.07) is 4.70. The van der Waals surface area contributed by atoms with Crippen molar-refractivity contribution in [3.05, 3.63) is 35.8 Å². The Hall–Kier alpha value is -1.88. The first-order valence-electron chi connectivity index (χ1n) is 5.22. The number of aromatic amines is 1. The number of esters is 1. The van der Waals surface area contributed by atoms with Crippen LogP contribution in [0.2, 0.25) is 0 Å². The standard InChI is InChI=1S/C12H13FN2O2/c1-17-12(16)7(5-14)8-6-15-10-4-2-3-9(13)11(8)10/h2-4,6-7,15H,5,14H2,1H3. The van der Waals surface area contributed by atoms with E-state index in [0.29, 0.717) is 16.5 Å². The summed E-state index contributed by atoms with van der Waals surface area (Å²) >= 11 is 0. The van der Waals surface area contributed by atoms with Gasteiger partial charge in [0.1, 0.15) is 5.82 Å². The van der Waals surface area contributed by atoms with Crippen LogP contribution in [0.1, 0.15) is 11.5 Å². The number of nitrogens with one attached hydrogen (secondary N) is 1. The second kappa shape index (κ2) is 4.55. The zero-order valence-corrected chi connectivity index (χ0v) is 9.37. The van der Waals surface area contributed by atoms with E-state index >= 15 is 0 Å². The minimum absolute atomic E-state index is 0.0773. The van der Waals surface area contributed by atoms with Crippen LogP contribution in [-0.2, 0) is 9.53 Å². The van der Waals surface area contributed by atoms with E-state index in [-0.39, 0.29) is 12.4 Å². The van der Waals surface area contributed by atoms with Crippen LogP contribution < -0.4 is 5.73 Å². The van der Waals surface area contributed by atoms with Gasteiger partial charge in [-0.15, -0.1) is 0 Å². The van der Waals surface area contributed by atoms with Gasteiger partial charge in [0.05, 0.1) is 13.0 Å². The molecule has 0 aliphatic heterocycles. The van der Waals surface area contributed by atoms with E-state index in [1.54, 1.807) is 18.3 Å². The summed E-state index contributed by atoms with van der Waals surface area (Å²) < 4.78 is 18.4. The fourth-order valence-corrected chi connectivity index (χ4v) is 1.93. The van der Waals surface area contributed by atoms with Crippen molar-refractivity contribution in [1.29, 1.82) is 0 Å². The van der Waals surface area contributed by atoms with Crippen LogP contribution in [0.5, 0.6) is 0 Å². The van der Waals surface area contributed by atoms with Gasteiger partial charge in [0, 0.05) is 23.6 Å². The first-order chi connectivity index (χ1) is 8.19. The number of carbonyl (C=O) groups excluding carboxylic acids is 1. The summed E-state index contributed by atoms with van der Waals surface area (Å²) in [4.78, 5) is 14.5. The number of hydrogen-bond acceptors (Lipinski definition) is 3. The van der Waals surface area contributed by atoms with Crippen molar-refractivity contribution >= 4 is 16.9 Å². The van der Waals surface area contributed by atoms with Gasteiger partial charge in [0.15, 0.2) is 0 Å². The molecule has 0 fully saturated rings. The molecule has 2 rings (SSSR count). The first kappa shape index (κ1) is 11.6. The Balaban J connectivity index is 2.58. The van der Waals surface area contributed by atoms with E-state index in [0.717, 1.165) is 0 Å². The van der Waals surface area contributed by atoms with Crippen LogP contribution in [-0.4, -0.2) is 24.6 Å². The Morgan fingerprint density at radius 2 is 2.35 bits per heavy atom. The number of halogens is 1. The lowest BCUT2D eigenvalue weighted by Crippen LogP contribution is -2.22. The molecule has 90 valence electrons. The second-order valence-electron chi connectivity index (χ2n) is 3.72. The van der Waals surface area contributed by atoms with Crippen LogP contribution in [0.25, 0.3) is 10.9 Å². The number of rotatable bonds is 3. The maximum absolute atomic E-state index is 13.7. The first-order valence-corrected chi connectivity index (χ1v) is 5.22. The molecule has 5 heteroatoms. The Kier molecular flexibility index (Phi) is 3.10. The summed E-state index contributed by atoms with van der Waals surface area (Å²) in [5, 5.41) is 0.397. The molecule has 0 saturated heterocycles. The summed E-state index contributed by atoms with van der Waals surface area (Å²) in [7, 11) is 1.29. The lowest BCUT2D eigenvalue weighted by molar-refractivity contribution is -0.142. The smallest absolute Gasteiger partial charge is 0.314 e. The lowest BCUT2D eigenvalue weighted by Gasteiger charge is -2.11. The molecule has 1 heterocycles. The summed E-state index contributed by atoms with van der Waals surface area (Å²) in [5.41, 5.74) is 6.72. The fraction of sp³-hybridized carbons (Fsp3) is 0.250. The van der Waals surface area contributed by atoms with Crippen LogP contribution in [0.15, 0.2) is 24.4 Å². The van der Waals surface area contributed by atoms with Crippen molar-refractivity contribution in [3.8, 4) is 0 Å². The van der Waals surface area contributed by atoms with Crippen LogP contribution in [0.3, 0.4) is 0 Å². The number of H-pyrrole nitrogens is 1. The van der Waals surface area contributed by atoms with Crippen molar-refractivity contribution < 1.29 is 13.9 Å². The monoisotopic (exact) mass is 236 g/mol. The number of fused-ring (bicyclic) bond motifs is 1. The quantitative estimate of drug-likeness (QED) is 0.794. The molecule has 4 nitrogen and oxygen atoms in total. The third-order valence-electron chi connectivity index (χ3n) is 2.78. The number of aromatic nitrogens is 1. The number of hydrogen-bond donors (Lipinski definition) is 2. The van der Waals surface area contributed by atoms with Gasteiger partial charge in [-0.3, -0.25) is 4.79 Å². The highest BCUT2D eigenvalue weighted by Crippen LogP contribution is 2.28. The molecular formula is C12H13FN2O2. The Bertz CT molecular complexity index is 550. The van der Waals surface area contributed by atoms with E-state index in [9.17, 15) is 9.18 Å². The molecule has 1 aromatic heterocycles. The predicted molar refractivity (Wildman–Crippen MR) is 62.1 cm³/mol. The Morgan fingerprint density at radius 3 is 3.00 bits per heavy atom. The number of benzene rings is 1. The lowest BCUT2D eigenvalue weighted by atomic mass is 9.98. The fourth-order valence-electron chi connectivity index (χ4n) is 1.93. The molecule has 1 aromatic carbocycles. The molecule has 0 aliphatic carbocycles. The van der Waals surface area contributed by atoms with Gasteiger partial charge in [0.25, 0.3) is 0 Å². The normalized spacial score (nSPS) is 12.6. The van der Waals surface area contributed by atoms with E-state index in [1.165, 1.54) is 13.2 Å². The Labute approximate surface area is 97.6 Å². The zero-order chi connectivity index (χ0) is 12.4. The number of ether oxygens (including phenoxy) is 1.